The Morgan fingerprint density at radius 1 is 1.24 bits per heavy atom. The fourth-order valence-corrected chi connectivity index (χ4v) is 3.03. The molecule has 1 aromatic carbocycles. The molecule has 21 heavy (non-hydrogen) atoms. The summed E-state index contributed by atoms with van der Waals surface area (Å²) in [6, 6.07) is 10.2. The fraction of sp³-hybridized carbons (Fsp3) is 0.625. The van der Waals surface area contributed by atoms with Gasteiger partial charge in [-0.25, -0.2) is 8.93 Å². The summed E-state index contributed by atoms with van der Waals surface area (Å²) in [4.78, 5) is 0. The molecule has 0 spiro atoms. The van der Waals surface area contributed by atoms with Crippen LogP contribution in [0, 0.1) is 0 Å². The van der Waals surface area contributed by atoms with Gasteiger partial charge in [-0.05, 0) is 32.8 Å². The Morgan fingerprint density at radius 3 is 2.43 bits per heavy atom. The van der Waals surface area contributed by atoms with Crippen molar-refractivity contribution < 1.29 is 13.7 Å². The van der Waals surface area contributed by atoms with Crippen LogP contribution >= 0.6 is 0 Å². The zero-order valence-corrected chi connectivity index (χ0v) is 13.8. The zero-order valence-electron chi connectivity index (χ0n) is 13.0. The summed E-state index contributed by atoms with van der Waals surface area (Å²) in [5, 5.41) is 0. The summed E-state index contributed by atoms with van der Waals surface area (Å²) in [6.45, 7) is 7.26. The SMILES string of the molecule is CC(C)(C)S(=O)NC(CCC1OCCO1)c1ccccc1. The first-order valence-electron chi connectivity index (χ1n) is 7.43. The Balaban J connectivity index is 2.01. The summed E-state index contributed by atoms with van der Waals surface area (Å²) in [7, 11) is -1.10. The smallest absolute Gasteiger partial charge is 0.157 e. The van der Waals surface area contributed by atoms with Gasteiger partial charge in [0.15, 0.2) is 6.29 Å². The molecule has 1 heterocycles. The molecular formula is C16H25NO3S. The van der Waals surface area contributed by atoms with Gasteiger partial charge in [-0.3, -0.25) is 0 Å². The second-order valence-electron chi connectivity index (χ2n) is 6.21. The van der Waals surface area contributed by atoms with Gasteiger partial charge >= 0.3 is 0 Å². The lowest BCUT2D eigenvalue weighted by molar-refractivity contribution is -0.0489. The van der Waals surface area contributed by atoms with Crippen LogP contribution in [0.2, 0.25) is 0 Å². The van der Waals surface area contributed by atoms with Crippen LogP contribution in [0.4, 0.5) is 0 Å². The summed E-state index contributed by atoms with van der Waals surface area (Å²) in [5.74, 6) is 0. The highest BCUT2D eigenvalue weighted by atomic mass is 32.2. The highest BCUT2D eigenvalue weighted by Gasteiger charge is 2.25. The van der Waals surface area contributed by atoms with Crippen LogP contribution in [0.25, 0.3) is 0 Å². The highest BCUT2D eigenvalue weighted by molar-refractivity contribution is 7.84. The van der Waals surface area contributed by atoms with E-state index in [-0.39, 0.29) is 17.1 Å². The Kier molecular flexibility index (Phi) is 5.93. The van der Waals surface area contributed by atoms with Crippen molar-refractivity contribution in [2.75, 3.05) is 13.2 Å². The number of benzene rings is 1. The van der Waals surface area contributed by atoms with Gasteiger partial charge in [-0.1, -0.05) is 30.3 Å². The standard InChI is InChI=1S/C16H25NO3S/c1-16(2,3)21(18)17-14(13-7-5-4-6-8-13)9-10-15-19-11-12-20-15/h4-8,14-15,17H,9-12H2,1-3H3. The molecular weight excluding hydrogens is 286 g/mol. The normalized spacial score (nSPS) is 19.6. The van der Waals surface area contributed by atoms with Gasteiger partial charge in [0.2, 0.25) is 0 Å². The molecule has 4 nitrogen and oxygen atoms in total. The van der Waals surface area contributed by atoms with Crippen LogP contribution in [0.1, 0.15) is 45.2 Å². The number of rotatable bonds is 6. The van der Waals surface area contributed by atoms with E-state index in [1.165, 1.54) is 0 Å². The van der Waals surface area contributed by atoms with Gasteiger partial charge < -0.3 is 9.47 Å². The minimum absolute atomic E-state index is 0.0408. The van der Waals surface area contributed by atoms with E-state index in [1.807, 2.05) is 39.0 Å². The summed E-state index contributed by atoms with van der Waals surface area (Å²) in [5.41, 5.74) is 1.15. The van der Waals surface area contributed by atoms with Crippen LogP contribution in [0.15, 0.2) is 30.3 Å². The second kappa shape index (κ2) is 7.49. The fourth-order valence-electron chi connectivity index (χ4n) is 2.16. The first-order chi connectivity index (χ1) is 9.97. The molecule has 1 N–H and O–H groups in total. The average molecular weight is 311 g/mol. The molecule has 2 unspecified atom stereocenters. The second-order valence-corrected chi connectivity index (χ2v) is 8.21. The van der Waals surface area contributed by atoms with Gasteiger partial charge in [0.25, 0.3) is 0 Å². The quantitative estimate of drug-likeness (QED) is 0.878. The third-order valence-electron chi connectivity index (χ3n) is 3.39. The summed E-state index contributed by atoms with van der Waals surface area (Å²) >= 11 is 0. The van der Waals surface area contributed by atoms with E-state index in [4.69, 9.17) is 9.47 Å². The van der Waals surface area contributed by atoms with Crippen molar-refractivity contribution in [3.8, 4) is 0 Å². The van der Waals surface area contributed by atoms with Crippen LogP contribution in [-0.4, -0.2) is 28.5 Å². The summed E-state index contributed by atoms with van der Waals surface area (Å²) < 4.78 is 26.3. The molecule has 2 rings (SSSR count). The van der Waals surface area contributed by atoms with Gasteiger partial charge in [-0.15, -0.1) is 0 Å². The Hall–Kier alpha value is -0.750. The Morgan fingerprint density at radius 2 is 1.86 bits per heavy atom. The van der Waals surface area contributed by atoms with E-state index >= 15 is 0 Å². The lowest BCUT2D eigenvalue weighted by Gasteiger charge is -2.25. The molecule has 1 aliphatic rings. The van der Waals surface area contributed by atoms with E-state index in [0.717, 1.165) is 18.4 Å². The van der Waals surface area contributed by atoms with Gasteiger partial charge in [0.05, 0.1) is 28.9 Å². The van der Waals surface area contributed by atoms with E-state index in [9.17, 15) is 4.21 Å². The summed E-state index contributed by atoms with van der Waals surface area (Å²) in [6.07, 6.45) is 1.51. The molecule has 1 aromatic rings. The highest BCUT2D eigenvalue weighted by Crippen LogP contribution is 2.24. The predicted octanol–water partition coefficient (Wildman–Crippen LogP) is 2.93. The zero-order chi connectivity index (χ0) is 15.3. The largest absolute Gasteiger partial charge is 0.350 e. The number of hydrogen-bond acceptors (Lipinski definition) is 3. The van der Waals surface area contributed by atoms with Gasteiger partial charge in [0.1, 0.15) is 0 Å². The van der Waals surface area contributed by atoms with E-state index < -0.39 is 11.0 Å². The van der Waals surface area contributed by atoms with Crippen molar-refractivity contribution in [2.45, 2.75) is 50.7 Å². The van der Waals surface area contributed by atoms with Crippen molar-refractivity contribution in [3.63, 3.8) is 0 Å². The molecule has 0 radical (unpaired) electrons. The topological polar surface area (TPSA) is 47.6 Å². The maximum Gasteiger partial charge on any atom is 0.157 e. The van der Waals surface area contributed by atoms with Crippen molar-refractivity contribution in [3.05, 3.63) is 35.9 Å². The monoisotopic (exact) mass is 311 g/mol. The van der Waals surface area contributed by atoms with Crippen molar-refractivity contribution in [1.29, 1.82) is 0 Å². The van der Waals surface area contributed by atoms with Crippen molar-refractivity contribution in [1.82, 2.24) is 4.72 Å². The molecule has 0 aliphatic carbocycles. The van der Waals surface area contributed by atoms with E-state index in [0.29, 0.717) is 13.2 Å². The molecule has 0 bridgehead atoms. The Labute approximate surface area is 129 Å². The number of hydrogen-bond donors (Lipinski definition) is 1. The minimum Gasteiger partial charge on any atom is -0.350 e. The lowest BCUT2D eigenvalue weighted by atomic mass is 10.0. The third-order valence-corrected chi connectivity index (χ3v) is 5.00. The first kappa shape index (κ1) is 16.6. The molecule has 5 heteroatoms. The van der Waals surface area contributed by atoms with Crippen LogP contribution < -0.4 is 4.72 Å². The predicted molar refractivity (Wildman–Crippen MR) is 85.1 cm³/mol. The Bertz CT molecular complexity index is 452. The first-order valence-corrected chi connectivity index (χ1v) is 8.58. The van der Waals surface area contributed by atoms with E-state index in [2.05, 4.69) is 16.9 Å². The lowest BCUT2D eigenvalue weighted by Crippen LogP contribution is -2.36. The van der Waals surface area contributed by atoms with Crippen molar-refractivity contribution >= 4 is 11.0 Å². The number of ether oxygens (including phenoxy) is 2. The number of nitrogens with one attached hydrogen (secondary N) is 1. The molecule has 1 aliphatic heterocycles. The maximum absolute atomic E-state index is 12.4. The maximum atomic E-state index is 12.4. The molecule has 0 amide bonds. The molecule has 0 aromatic heterocycles. The van der Waals surface area contributed by atoms with Gasteiger partial charge in [-0.2, -0.15) is 0 Å². The van der Waals surface area contributed by atoms with Crippen LogP contribution in [0.5, 0.6) is 0 Å². The average Bonchev–Trinajstić information content (AvgIpc) is 2.96. The van der Waals surface area contributed by atoms with E-state index in [1.54, 1.807) is 0 Å². The minimum atomic E-state index is -1.10. The molecule has 1 saturated heterocycles. The molecule has 0 saturated carbocycles. The van der Waals surface area contributed by atoms with Crippen LogP contribution in [0.3, 0.4) is 0 Å². The third kappa shape index (κ3) is 5.18. The molecule has 2 atom stereocenters. The molecule has 118 valence electrons. The molecule has 1 fully saturated rings. The van der Waals surface area contributed by atoms with Crippen LogP contribution in [-0.2, 0) is 20.5 Å². The van der Waals surface area contributed by atoms with Gasteiger partial charge in [0, 0.05) is 12.5 Å². The van der Waals surface area contributed by atoms with Crippen molar-refractivity contribution in [2.24, 2.45) is 0 Å².